The number of aromatic nitrogens is 4. The molecule has 1 amide bonds. The van der Waals surface area contributed by atoms with Crippen LogP contribution in [0.5, 0.6) is 0 Å². The van der Waals surface area contributed by atoms with Crippen molar-refractivity contribution in [2.24, 2.45) is 0 Å². The van der Waals surface area contributed by atoms with Gasteiger partial charge in [0.1, 0.15) is 28.5 Å². The van der Waals surface area contributed by atoms with Gasteiger partial charge in [0.15, 0.2) is 11.9 Å². The third-order valence-electron chi connectivity index (χ3n) is 5.65. The normalized spacial score (nSPS) is 27.0. The lowest BCUT2D eigenvalue weighted by Gasteiger charge is -2.22. The van der Waals surface area contributed by atoms with E-state index in [1.54, 1.807) is 0 Å². The van der Waals surface area contributed by atoms with E-state index in [-0.39, 0.29) is 28.3 Å². The predicted octanol–water partition coefficient (Wildman–Crippen LogP) is 0.800. The number of anilines is 1. The maximum Gasteiger partial charge on any atom is 0.490 e. The van der Waals surface area contributed by atoms with Gasteiger partial charge in [-0.2, -0.15) is 24.9 Å². The van der Waals surface area contributed by atoms with Gasteiger partial charge in [-0.1, -0.05) is 12.2 Å². The van der Waals surface area contributed by atoms with E-state index in [0.29, 0.717) is 0 Å². The molecule has 5 heterocycles. The fraction of sp³-hybridized carbons (Fsp3) is 0.412. The number of fused-ring (bicyclic) bond motifs is 2. The molecule has 2 fully saturated rings. The molecule has 20 nitrogen and oxygen atoms in total. The molecule has 2 saturated heterocycles. The van der Waals surface area contributed by atoms with Crippen molar-refractivity contribution < 1.29 is 65.4 Å². The van der Waals surface area contributed by atoms with Crippen LogP contribution in [-0.4, -0.2) is 76.2 Å². The van der Waals surface area contributed by atoms with Gasteiger partial charge < -0.3 is 49.8 Å². The van der Waals surface area contributed by atoms with Gasteiger partial charge in [-0.25, -0.2) is 18.7 Å². The number of hydrogen-bond donors (Lipinski definition) is 7. The van der Waals surface area contributed by atoms with Crippen molar-refractivity contribution in [3.8, 4) is 0 Å². The number of carbonyl (C=O) groups excluding carboxylic acids is 1. The molecule has 2 aliphatic rings. The minimum atomic E-state index is -5.75. The van der Waals surface area contributed by atoms with Crippen LogP contribution in [0, 0.1) is 4.64 Å². The Kier molecular flexibility index (Phi) is 8.87. The lowest BCUT2D eigenvalue weighted by atomic mass is 10.1. The van der Waals surface area contributed by atoms with Crippen LogP contribution in [0.4, 0.5) is 5.95 Å². The zero-order valence-electron chi connectivity index (χ0n) is 20.6. The van der Waals surface area contributed by atoms with Crippen molar-refractivity contribution in [3.63, 3.8) is 0 Å². The lowest BCUT2D eigenvalue weighted by Crippen LogP contribution is -2.37. The van der Waals surface area contributed by atoms with E-state index < -0.39 is 66.8 Å². The van der Waals surface area contributed by atoms with Gasteiger partial charge in [-0.05, 0) is 22.4 Å². The Bertz CT molecular complexity index is 1680. The number of nitrogen functional groups attached to an aromatic ring is 1. The van der Waals surface area contributed by atoms with Gasteiger partial charge in [-0.3, -0.25) is 13.9 Å². The van der Waals surface area contributed by atoms with E-state index in [4.69, 9.17) is 46.5 Å². The van der Waals surface area contributed by atoms with Crippen molar-refractivity contribution in [2.45, 2.75) is 37.4 Å². The summed E-state index contributed by atoms with van der Waals surface area (Å²) in [5, 5.41) is 6.33. The van der Waals surface area contributed by atoms with Gasteiger partial charge in [0, 0.05) is 6.54 Å². The maximum absolute atomic E-state index is 12.8. The van der Waals surface area contributed by atoms with Crippen LogP contribution in [0.2, 0.25) is 0 Å². The number of thiophene rings is 1. The van der Waals surface area contributed by atoms with Gasteiger partial charge in [0.25, 0.3) is 5.91 Å². The van der Waals surface area contributed by atoms with E-state index >= 15 is 0 Å². The average Bonchev–Trinajstić information content (AvgIpc) is 3.63. The van der Waals surface area contributed by atoms with Crippen LogP contribution in [0.1, 0.15) is 11.8 Å². The second-order valence-corrected chi connectivity index (χ2v) is 14.2. The molecule has 8 N–H and O–H groups in total. The van der Waals surface area contributed by atoms with Gasteiger partial charge in [0.2, 0.25) is 12.2 Å². The Balaban J connectivity index is 1.36. The fourth-order valence-corrected chi connectivity index (χ4v) is 8.03. The van der Waals surface area contributed by atoms with Gasteiger partial charge in [0.05, 0.1) is 12.9 Å². The molecule has 7 atom stereocenters. The number of amides is 1. The smallest absolute Gasteiger partial charge is 0.369 e. The number of phosphoric acid groups is 3. The summed E-state index contributed by atoms with van der Waals surface area (Å²) < 4.78 is 66.1. The second-order valence-electron chi connectivity index (χ2n) is 8.61. The van der Waals surface area contributed by atoms with Crippen molar-refractivity contribution in [1.29, 1.82) is 0 Å². The number of carbonyl (C=O) groups is 1. The summed E-state index contributed by atoms with van der Waals surface area (Å²) in [5.74, 6) is -0.677. The standard InChI is InChI=1S/C17H21N6O14P3S2/c18-17-21-12-9(14(41)22-17)20-6-23(12)15-11-10(34-16(35-11)13(24)19-3-7-1-2-42-5-7)8(33-15)4-32-39(28,29)37-40(30,31)36-38(25,26)27/h1-2,5-6,8,10-11,15-16H,3-4H2,(H,19,24)(H,28,29)(H,30,31)(H2,25,26,27)(H3,18,21,22,41)/t8?,10?,11?,15?,16-/m1/s1. The van der Waals surface area contributed by atoms with E-state index in [0.717, 1.165) is 5.56 Å². The molecule has 0 aromatic carbocycles. The minimum absolute atomic E-state index is 0.0396. The molecule has 6 unspecified atom stereocenters. The largest absolute Gasteiger partial charge is 0.490 e. The number of imidazole rings is 1. The zero-order chi connectivity index (χ0) is 30.4. The van der Waals surface area contributed by atoms with Crippen molar-refractivity contribution in [1.82, 2.24) is 24.8 Å². The summed E-state index contributed by atoms with van der Waals surface area (Å²) in [6.45, 7) is -0.681. The Morgan fingerprint density at radius 2 is 1.90 bits per heavy atom. The molecular weight excluding hydrogens is 669 g/mol. The summed E-state index contributed by atoms with van der Waals surface area (Å²) in [5.41, 5.74) is 7.05. The average molecular weight is 690 g/mol. The van der Waals surface area contributed by atoms with E-state index in [9.17, 15) is 28.3 Å². The molecule has 0 spiro atoms. The number of nitrogens with one attached hydrogen (secondary N) is 2. The third kappa shape index (κ3) is 7.21. The predicted molar refractivity (Wildman–Crippen MR) is 141 cm³/mol. The van der Waals surface area contributed by atoms with Crippen molar-refractivity contribution in [3.05, 3.63) is 33.4 Å². The van der Waals surface area contributed by atoms with Crippen LogP contribution in [0.25, 0.3) is 11.2 Å². The third-order valence-corrected chi connectivity index (χ3v) is 10.5. The first-order valence-electron chi connectivity index (χ1n) is 11.4. The van der Waals surface area contributed by atoms with Gasteiger partial charge in [-0.15, -0.1) is 0 Å². The van der Waals surface area contributed by atoms with E-state index in [2.05, 4.69) is 28.9 Å². The first kappa shape index (κ1) is 31.5. The Morgan fingerprint density at radius 1 is 1.17 bits per heavy atom. The first-order valence-corrected chi connectivity index (χ1v) is 17.2. The molecule has 0 radical (unpaired) electrons. The molecule has 42 heavy (non-hydrogen) atoms. The number of phosphoric ester groups is 1. The van der Waals surface area contributed by atoms with E-state index in [1.165, 1.54) is 22.2 Å². The number of H-pyrrole nitrogens is 1. The summed E-state index contributed by atoms with van der Waals surface area (Å²) in [6, 6.07) is 1.81. The second kappa shape index (κ2) is 11.8. The van der Waals surface area contributed by atoms with E-state index in [1.807, 2.05) is 16.8 Å². The molecule has 230 valence electrons. The summed E-state index contributed by atoms with van der Waals surface area (Å²) >= 11 is 6.67. The topological polar surface area (TPSA) is 289 Å². The molecule has 5 rings (SSSR count). The minimum Gasteiger partial charge on any atom is -0.369 e. The highest BCUT2D eigenvalue weighted by molar-refractivity contribution is 7.71. The first-order chi connectivity index (χ1) is 19.6. The number of hydrogen-bond acceptors (Lipinski definition) is 15. The van der Waals surface area contributed by atoms with Crippen LogP contribution in [0.15, 0.2) is 23.2 Å². The van der Waals surface area contributed by atoms with Crippen LogP contribution >= 0.6 is 47.0 Å². The summed E-state index contributed by atoms with van der Waals surface area (Å²) in [4.78, 5) is 60.5. The number of ether oxygens (including phenoxy) is 3. The Labute approximate surface area is 243 Å². The van der Waals surface area contributed by atoms with Gasteiger partial charge >= 0.3 is 23.5 Å². The molecule has 25 heteroatoms. The number of nitrogens with two attached hydrogens (primary N) is 1. The van der Waals surface area contributed by atoms with Crippen LogP contribution in [0.3, 0.4) is 0 Å². The van der Waals surface area contributed by atoms with Crippen LogP contribution < -0.4 is 11.1 Å². The Hall–Kier alpha value is -1.97. The number of aromatic amines is 1. The maximum atomic E-state index is 12.8. The molecule has 2 aliphatic heterocycles. The van der Waals surface area contributed by atoms with Crippen molar-refractivity contribution in [2.75, 3.05) is 12.3 Å². The molecule has 0 saturated carbocycles. The monoisotopic (exact) mass is 690 g/mol. The molecule has 3 aromatic heterocycles. The fourth-order valence-electron chi connectivity index (χ4n) is 4.08. The Morgan fingerprint density at radius 3 is 2.60 bits per heavy atom. The van der Waals surface area contributed by atoms with Crippen LogP contribution in [-0.2, 0) is 52.4 Å². The molecule has 3 aromatic rings. The molecular formula is C17H21N6O14P3S2. The highest BCUT2D eigenvalue weighted by Crippen LogP contribution is 2.66. The number of rotatable bonds is 11. The lowest BCUT2D eigenvalue weighted by molar-refractivity contribution is -0.171. The highest BCUT2D eigenvalue weighted by Gasteiger charge is 2.56. The summed E-state index contributed by atoms with van der Waals surface area (Å²) in [6.07, 6.45) is -4.75. The summed E-state index contributed by atoms with van der Waals surface area (Å²) in [7, 11) is -16.8. The van der Waals surface area contributed by atoms with Crippen molar-refractivity contribution >= 4 is 70.0 Å². The molecule has 0 aliphatic carbocycles. The number of nitrogens with zero attached hydrogens (tertiary/aromatic N) is 3. The molecule has 0 bridgehead atoms. The zero-order valence-corrected chi connectivity index (χ0v) is 24.9. The highest BCUT2D eigenvalue weighted by atomic mass is 32.1. The quantitative estimate of drug-likeness (QED) is 0.108. The SMILES string of the molecule is Nc1nc2c(ncn2C2OC(COP(=O)(O)OP(=O)(O)OP(=O)(O)O)C3O[C@@H](C(=O)NCc4ccsc4)OC32)c(=S)[nH]1.